The van der Waals surface area contributed by atoms with Crippen LogP contribution >= 0.6 is 11.8 Å². The highest BCUT2D eigenvalue weighted by Gasteiger charge is 2.26. The fourth-order valence-electron chi connectivity index (χ4n) is 4.25. The molecule has 30 heavy (non-hydrogen) atoms. The van der Waals surface area contributed by atoms with Gasteiger partial charge in [0.05, 0.1) is 6.10 Å². The van der Waals surface area contributed by atoms with Crippen LogP contribution in [0.4, 0.5) is 5.69 Å². The minimum Gasteiger partial charge on any atom is -0.377 e. The summed E-state index contributed by atoms with van der Waals surface area (Å²) >= 11 is 1.76. The Morgan fingerprint density at radius 1 is 1.20 bits per heavy atom. The molecule has 8 heteroatoms. The SMILES string of the molecule is CC(=O)Nc1ccc(CN2CCC(c3nnc(SCC4CCCO4)n3C)CC2)cc1. The van der Waals surface area contributed by atoms with Gasteiger partial charge in [0.1, 0.15) is 5.82 Å². The number of hydrogen-bond donors (Lipinski definition) is 1. The monoisotopic (exact) mass is 429 g/mol. The molecule has 7 nitrogen and oxygen atoms in total. The third-order valence-electron chi connectivity index (χ3n) is 5.92. The fourth-order valence-corrected chi connectivity index (χ4v) is 5.24. The van der Waals surface area contributed by atoms with E-state index >= 15 is 0 Å². The standard InChI is InChI=1S/C22H31N5O2S/c1-16(28)23-19-7-5-17(6-8-19)14-27-11-9-18(10-12-27)21-24-25-22(26(21)2)30-15-20-4-3-13-29-20/h5-8,18,20H,3-4,9-15H2,1-2H3,(H,23,28). The van der Waals surface area contributed by atoms with Gasteiger partial charge in [0.2, 0.25) is 5.91 Å². The first kappa shape index (κ1) is 21.3. The fraction of sp³-hybridized carbons (Fsp3) is 0.591. The van der Waals surface area contributed by atoms with Gasteiger partial charge in [-0.25, -0.2) is 0 Å². The Balaban J connectivity index is 1.26. The number of amides is 1. The molecule has 0 spiro atoms. The van der Waals surface area contributed by atoms with E-state index < -0.39 is 0 Å². The van der Waals surface area contributed by atoms with Gasteiger partial charge in [-0.2, -0.15) is 0 Å². The lowest BCUT2D eigenvalue weighted by Crippen LogP contribution is -2.33. The van der Waals surface area contributed by atoms with Gasteiger partial charge in [-0.15, -0.1) is 10.2 Å². The third kappa shape index (κ3) is 5.42. The van der Waals surface area contributed by atoms with Crippen molar-refractivity contribution < 1.29 is 9.53 Å². The summed E-state index contributed by atoms with van der Waals surface area (Å²) in [6, 6.07) is 8.13. The van der Waals surface area contributed by atoms with Crippen molar-refractivity contribution in [3.63, 3.8) is 0 Å². The van der Waals surface area contributed by atoms with Crippen molar-refractivity contribution in [2.75, 3.05) is 30.8 Å². The van der Waals surface area contributed by atoms with Crippen molar-refractivity contribution in [1.82, 2.24) is 19.7 Å². The van der Waals surface area contributed by atoms with Gasteiger partial charge in [-0.3, -0.25) is 9.69 Å². The number of aromatic nitrogens is 3. The number of hydrogen-bond acceptors (Lipinski definition) is 6. The predicted octanol–water partition coefficient (Wildman–Crippen LogP) is 3.42. The van der Waals surface area contributed by atoms with Crippen molar-refractivity contribution in [2.45, 2.75) is 56.3 Å². The zero-order valence-corrected chi connectivity index (χ0v) is 18.7. The van der Waals surface area contributed by atoms with E-state index in [9.17, 15) is 4.79 Å². The molecule has 1 aromatic carbocycles. The van der Waals surface area contributed by atoms with E-state index in [1.807, 2.05) is 12.1 Å². The molecule has 162 valence electrons. The Hall–Kier alpha value is -1.90. The molecule has 1 N–H and O–H groups in total. The normalized spacial score (nSPS) is 20.5. The van der Waals surface area contributed by atoms with Crippen molar-refractivity contribution in [3.8, 4) is 0 Å². The number of piperidine rings is 1. The lowest BCUT2D eigenvalue weighted by Gasteiger charge is -2.31. The van der Waals surface area contributed by atoms with E-state index in [-0.39, 0.29) is 5.91 Å². The molecule has 2 saturated heterocycles. The molecule has 0 saturated carbocycles. The highest BCUT2D eigenvalue weighted by Crippen LogP contribution is 2.30. The molecule has 2 fully saturated rings. The first-order valence-electron chi connectivity index (χ1n) is 10.8. The highest BCUT2D eigenvalue weighted by atomic mass is 32.2. The second-order valence-corrected chi connectivity index (χ2v) is 9.26. The molecule has 0 bridgehead atoms. The molecule has 2 aliphatic heterocycles. The summed E-state index contributed by atoms with van der Waals surface area (Å²) in [5.41, 5.74) is 2.12. The first-order chi connectivity index (χ1) is 14.6. The quantitative estimate of drug-likeness (QED) is 0.680. The molecule has 1 aromatic heterocycles. The summed E-state index contributed by atoms with van der Waals surface area (Å²) in [5, 5.41) is 12.8. The highest BCUT2D eigenvalue weighted by molar-refractivity contribution is 7.99. The number of benzene rings is 1. The lowest BCUT2D eigenvalue weighted by molar-refractivity contribution is -0.114. The molecule has 1 amide bonds. The predicted molar refractivity (Wildman–Crippen MR) is 119 cm³/mol. The minimum absolute atomic E-state index is 0.0398. The first-order valence-corrected chi connectivity index (χ1v) is 11.8. The topological polar surface area (TPSA) is 72.3 Å². The average Bonchev–Trinajstić information content (AvgIpc) is 3.38. The van der Waals surface area contributed by atoms with Crippen LogP contribution in [-0.4, -0.2) is 57.1 Å². The van der Waals surface area contributed by atoms with Crippen molar-refractivity contribution in [2.24, 2.45) is 7.05 Å². The Morgan fingerprint density at radius 2 is 1.97 bits per heavy atom. The van der Waals surface area contributed by atoms with Crippen LogP contribution in [0, 0.1) is 0 Å². The maximum atomic E-state index is 11.1. The van der Waals surface area contributed by atoms with Gasteiger partial charge in [-0.1, -0.05) is 23.9 Å². The molecule has 3 heterocycles. The molecule has 1 atom stereocenters. The average molecular weight is 430 g/mol. The van der Waals surface area contributed by atoms with Crippen LogP contribution in [0.5, 0.6) is 0 Å². The summed E-state index contributed by atoms with van der Waals surface area (Å²) in [6.45, 7) is 5.48. The number of nitrogens with zero attached hydrogens (tertiary/aromatic N) is 4. The number of ether oxygens (including phenoxy) is 1. The molecule has 1 unspecified atom stereocenters. The number of carbonyl (C=O) groups excluding carboxylic acids is 1. The zero-order chi connectivity index (χ0) is 20.9. The van der Waals surface area contributed by atoms with Gasteiger partial charge in [0.25, 0.3) is 0 Å². The van der Waals surface area contributed by atoms with Crippen LogP contribution in [0.15, 0.2) is 29.4 Å². The molecule has 2 aromatic rings. The van der Waals surface area contributed by atoms with E-state index in [0.717, 1.165) is 67.9 Å². The molecule has 0 aliphatic carbocycles. The summed E-state index contributed by atoms with van der Waals surface area (Å²) in [4.78, 5) is 13.6. The maximum Gasteiger partial charge on any atom is 0.221 e. The number of likely N-dealkylation sites (tertiary alicyclic amines) is 1. The Morgan fingerprint density at radius 3 is 2.63 bits per heavy atom. The second kappa shape index (κ2) is 9.94. The van der Waals surface area contributed by atoms with E-state index in [4.69, 9.17) is 4.74 Å². The minimum atomic E-state index is -0.0398. The number of nitrogens with one attached hydrogen (secondary N) is 1. The van der Waals surface area contributed by atoms with Crippen LogP contribution in [-0.2, 0) is 23.1 Å². The zero-order valence-electron chi connectivity index (χ0n) is 17.8. The van der Waals surface area contributed by atoms with Gasteiger partial charge >= 0.3 is 0 Å². The summed E-state index contributed by atoms with van der Waals surface area (Å²) in [6.07, 6.45) is 4.91. The second-order valence-electron chi connectivity index (χ2n) is 8.27. The molecular formula is C22H31N5O2S. The Kier molecular flexibility index (Phi) is 7.07. The van der Waals surface area contributed by atoms with Crippen LogP contribution in [0.2, 0.25) is 0 Å². The summed E-state index contributed by atoms with van der Waals surface area (Å²) < 4.78 is 7.90. The van der Waals surface area contributed by atoms with E-state index in [1.54, 1.807) is 11.8 Å². The molecular weight excluding hydrogens is 398 g/mol. The molecule has 0 radical (unpaired) electrons. The number of rotatable bonds is 7. The van der Waals surface area contributed by atoms with Crippen molar-refractivity contribution >= 4 is 23.4 Å². The van der Waals surface area contributed by atoms with Crippen molar-refractivity contribution in [1.29, 1.82) is 0 Å². The summed E-state index contributed by atoms with van der Waals surface area (Å²) in [5.74, 6) is 2.51. The Labute approximate surface area is 182 Å². The van der Waals surface area contributed by atoms with Crippen LogP contribution in [0.3, 0.4) is 0 Å². The molecule has 2 aliphatic rings. The van der Waals surface area contributed by atoms with Gasteiger partial charge < -0.3 is 14.6 Å². The summed E-state index contributed by atoms with van der Waals surface area (Å²) in [7, 11) is 2.09. The lowest BCUT2D eigenvalue weighted by atomic mass is 9.95. The van der Waals surface area contributed by atoms with E-state index in [2.05, 4.69) is 44.2 Å². The van der Waals surface area contributed by atoms with Gasteiger partial charge in [0, 0.05) is 44.5 Å². The number of anilines is 1. The number of carbonyl (C=O) groups is 1. The smallest absolute Gasteiger partial charge is 0.221 e. The Bertz CT molecular complexity index is 840. The third-order valence-corrected chi connectivity index (χ3v) is 7.08. The van der Waals surface area contributed by atoms with E-state index in [1.165, 1.54) is 18.9 Å². The number of thioether (sulfide) groups is 1. The van der Waals surface area contributed by atoms with E-state index in [0.29, 0.717) is 12.0 Å². The largest absolute Gasteiger partial charge is 0.377 e. The maximum absolute atomic E-state index is 11.1. The van der Waals surface area contributed by atoms with Gasteiger partial charge in [0.15, 0.2) is 5.16 Å². The van der Waals surface area contributed by atoms with Crippen molar-refractivity contribution in [3.05, 3.63) is 35.7 Å². The van der Waals surface area contributed by atoms with Crippen LogP contribution in [0.1, 0.15) is 49.9 Å². The van der Waals surface area contributed by atoms with Crippen LogP contribution in [0.25, 0.3) is 0 Å². The van der Waals surface area contributed by atoms with Gasteiger partial charge in [-0.05, 0) is 56.5 Å². The van der Waals surface area contributed by atoms with Crippen LogP contribution < -0.4 is 5.32 Å². The molecule has 4 rings (SSSR count).